The molecular weight excluding hydrogens is 522 g/mol. The fraction of sp³-hybridized carbons (Fsp3) is 0.550. The minimum atomic E-state index is -5.01. The fourth-order valence-electron chi connectivity index (χ4n) is 3.60. The first kappa shape index (κ1) is 28.0. The van der Waals surface area contributed by atoms with E-state index in [1.54, 1.807) is 10.00 Å². The molecule has 9 nitrogen and oxygen atoms in total. The summed E-state index contributed by atoms with van der Waals surface area (Å²) in [7, 11) is 0. The molecule has 1 amide bonds. The van der Waals surface area contributed by atoms with Crippen molar-refractivity contribution >= 4 is 17.7 Å². The van der Waals surface area contributed by atoms with Gasteiger partial charge in [0.15, 0.2) is 0 Å². The zero-order valence-corrected chi connectivity index (χ0v) is 19.0. The molecule has 2 aromatic rings. The Morgan fingerprint density at radius 1 is 1.03 bits per heavy atom. The quantitative estimate of drug-likeness (QED) is 0.512. The average molecular weight is 543 g/mol. The lowest BCUT2D eigenvalue weighted by Crippen LogP contribution is -2.49. The van der Waals surface area contributed by atoms with Crippen LogP contribution in [0, 0.1) is 0 Å². The summed E-state index contributed by atoms with van der Waals surface area (Å²) in [6.07, 6.45) is -11.3. The fourth-order valence-corrected chi connectivity index (χ4v) is 3.60. The highest BCUT2D eigenvalue weighted by Gasteiger charge is 2.35. The Bertz CT molecular complexity index is 1110. The number of carbonyl (C=O) groups excluding carboxylic acids is 1. The number of carbonyl (C=O) groups is 1. The average Bonchev–Trinajstić information content (AvgIpc) is 2.82. The van der Waals surface area contributed by atoms with Crippen LogP contribution in [0.15, 0.2) is 23.3 Å². The van der Waals surface area contributed by atoms with Gasteiger partial charge >= 0.3 is 12.4 Å². The number of nitrogens with zero attached hydrogens (tertiary/aromatic N) is 6. The molecule has 0 radical (unpaired) electrons. The van der Waals surface area contributed by atoms with E-state index in [0.717, 1.165) is 4.90 Å². The first-order chi connectivity index (χ1) is 17.3. The highest BCUT2D eigenvalue weighted by Crippen LogP contribution is 2.29. The Labute approximate surface area is 204 Å². The Morgan fingerprint density at radius 2 is 1.65 bits per heavy atom. The van der Waals surface area contributed by atoms with Gasteiger partial charge in [-0.05, 0) is 6.42 Å². The number of hydrogen-bond donors (Lipinski definition) is 1. The van der Waals surface area contributed by atoms with Crippen LogP contribution in [0.3, 0.4) is 0 Å². The van der Waals surface area contributed by atoms with Crippen LogP contribution in [-0.4, -0.2) is 76.7 Å². The van der Waals surface area contributed by atoms with Gasteiger partial charge in [-0.3, -0.25) is 9.59 Å². The topological polar surface area (TPSA) is 98.3 Å². The summed E-state index contributed by atoms with van der Waals surface area (Å²) >= 11 is 0. The summed E-state index contributed by atoms with van der Waals surface area (Å²) in [6, 6.07) is 0.381. The van der Waals surface area contributed by atoms with E-state index in [1.807, 2.05) is 0 Å². The first-order valence-electron chi connectivity index (χ1n) is 10.9. The first-order valence-corrected chi connectivity index (χ1v) is 10.9. The van der Waals surface area contributed by atoms with Gasteiger partial charge in [-0.2, -0.15) is 31.4 Å². The molecule has 1 fully saturated rings. The largest absolute Gasteiger partial charge is 0.421 e. The van der Waals surface area contributed by atoms with Gasteiger partial charge in [-0.1, -0.05) is 0 Å². The van der Waals surface area contributed by atoms with Crippen molar-refractivity contribution in [3.05, 3.63) is 39.9 Å². The molecule has 3 heterocycles. The molecule has 0 unspecified atom stereocenters. The Balaban J connectivity index is 1.54. The number of amides is 1. The predicted molar refractivity (Wildman–Crippen MR) is 113 cm³/mol. The summed E-state index contributed by atoms with van der Waals surface area (Å²) < 4.78 is 103. The number of piperazine rings is 1. The monoisotopic (exact) mass is 543 g/mol. The normalized spacial score (nSPS) is 14.8. The molecule has 1 aliphatic rings. The van der Waals surface area contributed by atoms with E-state index in [9.17, 15) is 44.7 Å². The molecule has 0 aromatic carbocycles. The molecule has 0 saturated carbocycles. The number of aromatic nitrogens is 4. The van der Waals surface area contributed by atoms with E-state index in [0.29, 0.717) is 18.5 Å². The minimum absolute atomic E-state index is 0.00986. The van der Waals surface area contributed by atoms with Crippen LogP contribution < -0.4 is 15.4 Å². The van der Waals surface area contributed by atoms with Crippen LogP contribution in [-0.2, 0) is 17.1 Å². The van der Waals surface area contributed by atoms with Crippen molar-refractivity contribution in [1.82, 2.24) is 25.1 Å². The molecule has 2 aromatic heterocycles. The molecular formula is C20H21F8N7O2. The summed E-state index contributed by atoms with van der Waals surface area (Å²) in [6.45, 7) is -0.283. The van der Waals surface area contributed by atoms with Crippen LogP contribution in [0.5, 0.6) is 0 Å². The Morgan fingerprint density at radius 3 is 2.19 bits per heavy atom. The lowest BCUT2D eigenvalue weighted by molar-refractivity contribution is -0.139. The van der Waals surface area contributed by atoms with Gasteiger partial charge < -0.3 is 14.7 Å². The van der Waals surface area contributed by atoms with Gasteiger partial charge in [0.05, 0.1) is 12.1 Å². The summed E-state index contributed by atoms with van der Waals surface area (Å²) in [5, 5.41) is 5.08. The molecule has 0 aliphatic carbocycles. The number of hydrogen-bond acceptors (Lipinski definition) is 7. The number of H-pyrrole nitrogens is 1. The van der Waals surface area contributed by atoms with Crippen molar-refractivity contribution in [1.29, 1.82) is 0 Å². The van der Waals surface area contributed by atoms with Gasteiger partial charge in [0.1, 0.15) is 11.4 Å². The van der Waals surface area contributed by atoms with Gasteiger partial charge in [-0.25, -0.2) is 23.8 Å². The smallest absolute Gasteiger partial charge is 0.349 e. The standard InChI is InChI=1S/C20H21F8N7O2/c21-14(22)11-35(15-8-13(20(26,27)28)17(37)32-31-15)3-1-2-16(36)33-4-6-34(7-5-33)18-29-9-12(10-30-18)19(23,24)25/h8-10,14H,1-7,11H2,(H,32,37). The van der Waals surface area contributed by atoms with Gasteiger partial charge in [0.25, 0.3) is 12.0 Å². The molecule has 3 rings (SSSR count). The second kappa shape index (κ2) is 11.2. The predicted octanol–water partition coefficient (Wildman–Crippen LogP) is 2.80. The lowest BCUT2D eigenvalue weighted by Gasteiger charge is -2.35. The summed E-state index contributed by atoms with van der Waals surface area (Å²) in [5.41, 5.74) is -4.08. The molecule has 0 bridgehead atoms. The zero-order chi connectivity index (χ0) is 27.4. The second-order valence-electron chi connectivity index (χ2n) is 8.04. The molecule has 0 spiro atoms. The van der Waals surface area contributed by atoms with Crippen LogP contribution in [0.2, 0.25) is 0 Å². The second-order valence-corrected chi connectivity index (χ2v) is 8.04. The van der Waals surface area contributed by atoms with Gasteiger partial charge in [0.2, 0.25) is 11.9 Å². The number of nitrogens with one attached hydrogen (secondary N) is 1. The molecule has 1 aliphatic heterocycles. The van der Waals surface area contributed by atoms with Crippen LogP contribution in [0.1, 0.15) is 24.0 Å². The maximum atomic E-state index is 13.0. The third-order valence-corrected chi connectivity index (χ3v) is 5.48. The molecule has 204 valence electrons. The third-order valence-electron chi connectivity index (χ3n) is 5.48. The van der Waals surface area contributed by atoms with Crippen LogP contribution >= 0.6 is 0 Å². The van der Waals surface area contributed by atoms with Crippen LogP contribution in [0.25, 0.3) is 0 Å². The molecule has 0 atom stereocenters. The van der Waals surface area contributed by atoms with Crippen LogP contribution in [0.4, 0.5) is 46.9 Å². The van der Waals surface area contributed by atoms with E-state index in [-0.39, 0.29) is 57.4 Å². The summed E-state index contributed by atoms with van der Waals surface area (Å²) in [4.78, 5) is 35.3. The van der Waals surface area contributed by atoms with Crippen molar-refractivity contribution < 1.29 is 39.9 Å². The highest BCUT2D eigenvalue weighted by atomic mass is 19.4. The number of anilines is 2. The Kier molecular flexibility index (Phi) is 8.53. The maximum Gasteiger partial charge on any atom is 0.421 e. The molecule has 17 heteroatoms. The van der Waals surface area contributed by atoms with E-state index in [4.69, 9.17) is 0 Å². The van der Waals surface area contributed by atoms with Gasteiger partial charge in [0, 0.05) is 57.6 Å². The molecule has 1 N–H and O–H groups in total. The summed E-state index contributed by atoms with van der Waals surface area (Å²) in [5.74, 6) is -0.769. The minimum Gasteiger partial charge on any atom is -0.349 e. The van der Waals surface area contributed by atoms with E-state index >= 15 is 0 Å². The van der Waals surface area contributed by atoms with Crippen molar-refractivity contribution in [3.8, 4) is 0 Å². The lowest BCUT2D eigenvalue weighted by atomic mass is 10.2. The van der Waals surface area contributed by atoms with E-state index in [2.05, 4.69) is 15.1 Å². The SMILES string of the molecule is O=C(CCCN(CC(F)F)c1cc(C(F)(F)F)c(=O)[nH]n1)N1CCN(c2ncc(C(F)(F)F)cn2)CC1. The number of rotatable bonds is 8. The maximum absolute atomic E-state index is 13.0. The van der Waals surface area contributed by atoms with Crippen molar-refractivity contribution in [2.45, 2.75) is 31.6 Å². The number of alkyl halides is 8. The highest BCUT2D eigenvalue weighted by molar-refractivity contribution is 5.76. The number of aromatic amines is 1. The van der Waals surface area contributed by atoms with E-state index in [1.165, 1.54) is 4.90 Å². The number of halogens is 8. The zero-order valence-electron chi connectivity index (χ0n) is 19.0. The van der Waals surface area contributed by atoms with Crippen molar-refractivity contribution in [3.63, 3.8) is 0 Å². The molecule has 1 saturated heterocycles. The van der Waals surface area contributed by atoms with Gasteiger partial charge in [-0.15, -0.1) is 0 Å². The van der Waals surface area contributed by atoms with Crippen molar-refractivity contribution in [2.75, 3.05) is 49.1 Å². The third kappa shape index (κ3) is 7.48. The van der Waals surface area contributed by atoms with E-state index < -0.39 is 47.8 Å². The molecule has 37 heavy (non-hydrogen) atoms. The Hall–Kier alpha value is -3.53. The van der Waals surface area contributed by atoms with Crippen molar-refractivity contribution in [2.24, 2.45) is 0 Å².